The van der Waals surface area contributed by atoms with Crippen LogP contribution in [0.4, 0.5) is 0 Å². The van der Waals surface area contributed by atoms with Crippen LogP contribution in [0.3, 0.4) is 0 Å². The topological polar surface area (TPSA) is 73.9 Å². The Hall–Kier alpha value is -2.83. The summed E-state index contributed by atoms with van der Waals surface area (Å²) >= 11 is 1.60. The van der Waals surface area contributed by atoms with Crippen molar-refractivity contribution in [1.82, 2.24) is 15.0 Å². The van der Waals surface area contributed by atoms with Crippen molar-refractivity contribution in [3.05, 3.63) is 71.4 Å². The van der Waals surface area contributed by atoms with Gasteiger partial charge < -0.3 is 10.5 Å². The molecule has 27 heavy (non-hydrogen) atoms. The van der Waals surface area contributed by atoms with E-state index in [-0.39, 0.29) is 6.04 Å². The maximum atomic E-state index is 6.28. The first kappa shape index (κ1) is 17.6. The van der Waals surface area contributed by atoms with Crippen LogP contribution in [-0.4, -0.2) is 27.6 Å². The Morgan fingerprint density at radius 3 is 2.63 bits per heavy atom. The zero-order valence-corrected chi connectivity index (χ0v) is 15.8. The molecule has 6 heteroatoms. The van der Waals surface area contributed by atoms with Gasteiger partial charge in [-0.25, -0.2) is 4.98 Å². The Kier molecular flexibility index (Phi) is 5.09. The number of aromatic nitrogens is 3. The normalized spacial score (nSPS) is 12.2. The van der Waals surface area contributed by atoms with Gasteiger partial charge in [-0.1, -0.05) is 30.3 Å². The molecule has 0 saturated heterocycles. The summed E-state index contributed by atoms with van der Waals surface area (Å²) in [4.78, 5) is 13.4. The Morgan fingerprint density at radius 2 is 1.85 bits per heavy atom. The number of aryl methyl sites for hydroxylation is 1. The van der Waals surface area contributed by atoms with Gasteiger partial charge >= 0.3 is 0 Å². The number of benzene rings is 1. The third-order valence-electron chi connectivity index (χ3n) is 4.27. The van der Waals surface area contributed by atoms with Crippen molar-refractivity contribution in [1.29, 1.82) is 0 Å². The lowest BCUT2D eigenvalue weighted by atomic mass is 10.1. The number of fused-ring (bicyclic) bond motifs is 1. The molecule has 0 bridgehead atoms. The van der Waals surface area contributed by atoms with E-state index in [1.54, 1.807) is 23.7 Å². The van der Waals surface area contributed by atoms with E-state index in [9.17, 15) is 0 Å². The van der Waals surface area contributed by atoms with E-state index in [1.807, 2.05) is 37.3 Å². The highest BCUT2D eigenvalue weighted by molar-refractivity contribution is 7.17. The van der Waals surface area contributed by atoms with Crippen molar-refractivity contribution in [2.45, 2.75) is 19.4 Å². The van der Waals surface area contributed by atoms with Gasteiger partial charge in [0.1, 0.15) is 11.3 Å². The van der Waals surface area contributed by atoms with Crippen LogP contribution in [0, 0.1) is 6.92 Å². The van der Waals surface area contributed by atoms with E-state index in [0.717, 1.165) is 27.8 Å². The van der Waals surface area contributed by atoms with E-state index < -0.39 is 0 Å². The van der Waals surface area contributed by atoms with Crippen molar-refractivity contribution >= 4 is 21.6 Å². The molecule has 0 aliphatic heterocycles. The molecule has 0 fully saturated rings. The van der Waals surface area contributed by atoms with Crippen LogP contribution >= 0.6 is 11.3 Å². The molecular weight excluding hydrogens is 356 g/mol. The fourth-order valence-corrected chi connectivity index (χ4v) is 3.83. The first-order valence-electron chi connectivity index (χ1n) is 8.79. The molecule has 1 atom stereocenters. The van der Waals surface area contributed by atoms with Crippen LogP contribution in [-0.2, 0) is 6.42 Å². The molecule has 1 aromatic carbocycles. The highest BCUT2D eigenvalue weighted by Gasteiger charge is 2.15. The number of pyridine rings is 1. The molecule has 0 amide bonds. The second kappa shape index (κ2) is 7.82. The van der Waals surface area contributed by atoms with Crippen LogP contribution in [0.2, 0.25) is 0 Å². The van der Waals surface area contributed by atoms with Gasteiger partial charge in [0.25, 0.3) is 0 Å². The predicted molar refractivity (Wildman–Crippen MR) is 109 cm³/mol. The minimum atomic E-state index is -0.108. The fraction of sp³-hybridized carbons (Fsp3) is 0.190. The van der Waals surface area contributed by atoms with E-state index in [1.165, 1.54) is 5.56 Å². The average Bonchev–Trinajstić information content (AvgIpc) is 3.08. The lowest BCUT2D eigenvalue weighted by molar-refractivity contribution is 0.281. The number of nitrogens with two attached hydrogens (primary N) is 1. The second-order valence-corrected chi connectivity index (χ2v) is 7.33. The summed E-state index contributed by atoms with van der Waals surface area (Å²) in [5, 5.41) is 2.08. The quantitative estimate of drug-likeness (QED) is 0.550. The summed E-state index contributed by atoms with van der Waals surface area (Å²) in [5.74, 6) is 1.23. The molecule has 0 saturated carbocycles. The van der Waals surface area contributed by atoms with Crippen LogP contribution in [0.25, 0.3) is 21.6 Å². The largest absolute Gasteiger partial charge is 0.475 e. The third kappa shape index (κ3) is 3.97. The van der Waals surface area contributed by atoms with Crippen molar-refractivity contribution in [2.75, 3.05) is 6.61 Å². The van der Waals surface area contributed by atoms with Gasteiger partial charge in [-0.05, 0) is 42.0 Å². The number of hydrogen-bond donors (Lipinski definition) is 1. The zero-order chi connectivity index (χ0) is 18.6. The molecule has 3 aromatic heterocycles. The fourth-order valence-electron chi connectivity index (χ4n) is 2.90. The molecule has 4 aromatic rings. The van der Waals surface area contributed by atoms with Gasteiger partial charge in [0, 0.05) is 24.0 Å². The summed E-state index contributed by atoms with van der Waals surface area (Å²) in [6.07, 6.45) is 4.23. The highest BCUT2D eigenvalue weighted by Crippen LogP contribution is 2.33. The van der Waals surface area contributed by atoms with Crippen molar-refractivity contribution in [3.63, 3.8) is 0 Å². The van der Waals surface area contributed by atoms with E-state index >= 15 is 0 Å². The molecule has 0 aliphatic rings. The number of thiophene rings is 1. The summed E-state index contributed by atoms with van der Waals surface area (Å²) in [6.45, 7) is 2.45. The monoisotopic (exact) mass is 376 g/mol. The van der Waals surface area contributed by atoms with Crippen LogP contribution in [0.15, 0.2) is 60.2 Å². The maximum absolute atomic E-state index is 6.28. The van der Waals surface area contributed by atoms with E-state index in [2.05, 4.69) is 27.5 Å². The molecule has 5 nitrogen and oxygen atoms in total. The zero-order valence-electron chi connectivity index (χ0n) is 15.0. The maximum Gasteiger partial charge on any atom is 0.235 e. The van der Waals surface area contributed by atoms with Crippen LogP contribution in [0.1, 0.15) is 11.1 Å². The van der Waals surface area contributed by atoms with E-state index in [4.69, 9.17) is 15.5 Å². The SMILES string of the molecule is Cc1csc2c(OC[C@H](N)Cc3ccccc3)nc(-c3ccncc3)nc12. The predicted octanol–water partition coefficient (Wildman–Crippen LogP) is 4.01. The first-order valence-corrected chi connectivity index (χ1v) is 9.67. The number of rotatable bonds is 6. The highest BCUT2D eigenvalue weighted by atomic mass is 32.1. The molecule has 4 rings (SSSR count). The second-order valence-electron chi connectivity index (χ2n) is 6.45. The number of nitrogens with zero attached hydrogens (tertiary/aromatic N) is 3. The third-order valence-corrected chi connectivity index (χ3v) is 5.35. The molecule has 0 unspecified atom stereocenters. The molecule has 2 N–H and O–H groups in total. The summed E-state index contributed by atoms with van der Waals surface area (Å²) in [7, 11) is 0. The lowest BCUT2D eigenvalue weighted by Gasteiger charge is -2.14. The van der Waals surface area contributed by atoms with Crippen LogP contribution in [0.5, 0.6) is 5.88 Å². The molecule has 0 radical (unpaired) electrons. The van der Waals surface area contributed by atoms with Crippen molar-refractivity contribution in [3.8, 4) is 17.3 Å². The first-order chi connectivity index (χ1) is 13.2. The minimum absolute atomic E-state index is 0.108. The molecule has 0 aliphatic carbocycles. The minimum Gasteiger partial charge on any atom is -0.475 e. The number of hydrogen-bond acceptors (Lipinski definition) is 6. The Balaban J connectivity index is 1.59. The standard InChI is InChI=1S/C21H20N4OS/c1-14-13-27-19-18(14)24-20(16-7-9-23-10-8-16)25-21(19)26-12-17(22)11-15-5-3-2-4-6-15/h2-10,13,17H,11-12,22H2,1H3/t17-/m1/s1. The van der Waals surface area contributed by atoms with Gasteiger partial charge in [-0.15, -0.1) is 11.3 Å². The summed E-state index contributed by atoms with van der Waals surface area (Å²) in [5.41, 5.74) is 10.4. The molecule has 0 spiro atoms. The number of ether oxygens (including phenoxy) is 1. The van der Waals surface area contributed by atoms with Crippen molar-refractivity contribution in [2.24, 2.45) is 5.73 Å². The van der Waals surface area contributed by atoms with Crippen molar-refractivity contribution < 1.29 is 4.74 Å². The van der Waals surface area contributed by atoms with E-state index in [0.29, 0.717) is 18.3 Å². The smallest absolute Gasteiger partial charge is 0.235 e. The van der Waals surface area contributed by atoms with Gasteiger partial charge in [0.15, 0.2) is 5.82 Å². The Labute approximate surface area is 161 Å². The van der Waals surface area contributed by atoms with Gasteiger partial charge in [0.05, 0.1) is 5.52 Å². The summed E-state index contributed by atoms with van der Waals surface area (Å²) < 4.78 is 7.00. The molecular formula is C21H20N4OS. The molecule has 136 valence electrons. The average molecular weight is 376 g/mol. The Bertz CT molecular complexity index is 1030. The van der Waals surface area contributed by atoms with Gasteiger partial charge in [-0.2, -0.15) is 4.98 Å². The molecule has 3 heterocycles. The van der Waals surface area contributed by atoms with Gasteiger partial charge in [-0.3, -0.25) is 4.98 Å². The van der Waals surface area contributed by atoms with Crippen LogP contribution < -0.4 is 10.5 Å². The van der Waals surface area contributed by atoms with Gasteiger partial charge in [0.2, 0.25) is 5.88 Å². The summed E-state index contributed by atoms with van der Waals surface area (Å²) in [6, 6.07) is 13.9. The Morgan fingerprint density at radius 1 is 1.07 bits per heavy atom. The lowest BCUT2D eigenvalue weighted by Crippen LogP contribution is -2.30.